The molecule has 0 bridgehead atoms. The van der Waals surface area contributed by atoms with Crippen LogP contribution in [-0.4, -0.2) is 82.4 Å². The summed E-state index contributed by atoms with van der Waals surface area (Å²) in [5.41, 5.74) is 12.6. The van der Waals surface area contributed by atoms with Crippen molar-refractivity contribution in [3.05, 3.63) is 39.8 Å². The van der Waals surface area contributed by atoms with Crippen molar-refractivity contribution < 1.29 is 38.8 Å². The van der Waals surface area contributed by atoms with Gasteiger partial charge in [0.2, 0.25) is 12.1 Å². The predicted molar refractivity (Wildman–Crippen MR) is 151 cm³/mol. The fourth-order valence-corrected chi connectivity index (χ4v) is 6.64. The molecule has 220 valence electrons. The van der Waals surface area contributed by atoms with E-state index >= 15 is 0 Å². The normalized spacial score (nSPS) is 19.4. The van der Waals surface area contributed by atoms with Gasteiger partial charge in [-0.3, -0.25) is 14.5 Å². The number of aliphatic carboxylic acids is 2. The summed E-state index contributed by atoms with van der Waals surface area (Å²) >= 11 is 8.27. The zero-order valence-corrected chi connectivity index (χ0v) is 24.2. The average Bonchev–Trinajstić information content (AvgIpc) is 3.42. The summed E-state index contributed by atoms with van der Waals surface area (Å²) in [4.78, 5) is 64.2. The molecular weight excluding hydrogens is 614 g/mol. The maximum atomic E-state index is 13.2. The van der Waals surface area contributed by atoms with Crippen molar-refractivity contribution in [3.63, 3.8) is 0 Å². The molecule has 5 heterocycles. The van der Waals surface area contributed by atoms with Crippen molar-refractivity contribution in [1.82, 2.24) is 24.8 Å². The van der Waals surface area contributed by atoms with Crippen molar-refractivity contribution in [2.24, 2.45) is 12.2 Å². The minimum absolute atomic E-state index is 0.00797. The zero-order valence-electron chi connectivity index (χ0n) is 21.8. The third kappa shape index (κ3) is 5.19. The first-order chi connectivity index (χ1) is 19.9. The summed E-state index contributed by atoms with van der Waals surface area (Å²) in [6.07, 6.45) is 2.09. The highest BCUT2D eigenvalue weighted by molar-refractivity contribution is 8.00. The monoisotopic (exact) mass is 636 g/mol. The van der Waals surface area contributed by atoms with Crippen molar-refractivity contribution in [3.8, 4) is 0 Å². The molecule has 0 aromatic carbocycles. The highest BCUT2D eigenvalue weighted by atomic mass is 35.5. The minimum atomic E-state index is -1.41. The molecule has 0 radical (unpaired) electrons. The van der Waals surface area contributed by atoms with Crippen LogP contribution >= 0.6 is 34.7 Å². The third-order valence-electron chi connectivity index (χ3n) is 6.52. The number of pyridine rings is 1. The van der Waals surface area contributed by atoms with Gasteiger partial charge in [0.05, 0.1) is 5.52 Å². The summed E-state index contributed by atoms with van der Waals surface area (Å²) in [5.74, 6) is -3.63. The number of thioether (sulfide) groups is 1. The van der Waals surface area contributed by atoms with E-state index in [1.165, 1.54) is 18.7 Å². The number of imidazole rings is 1. The van der Waals surface area contributed by atoms with E-state index < -0.39 is 47.0 Å². The Labute approximate surface area is 249 Å². The van der Waals surface area contributed by atoms with Crippen LogP contribution < -0.4 is 21.4 Å². The van der Waals surface area contributed by atoms with Crippen molar-refractivity contribution in [2.45, 2.75) is 31.0 Å². The standard InChI is InChI=1S/C23H22ClN9O7S2/c1-8(20(36)37)40-30-13(12-16(24)42-23(26)29-12)17(34)28-14-18(35)33-15(21(38)39)9(7-41-19(14)33)5-32-4-3-11-10(6-32)27-22(25)31(11)2/h3-4,6,8,14,19H,5,7H2,1-2H3,(H6-,25,26,27,28,29,34,36,37,38,39)/p+1/b30-13-/t8-,14+,19?/m0/s1. The molecule has 19 heteroatoms. The van der Waals surface area contributed by atoms with Crippen molar-refractivity contribution in [2.75, 3.05) is 17.2 Å². The molecule has 0 aliphatic carbocycles. The number of aryl methyl sites for hydroxylation is 1. The van der Waals surface area contributed by atoms with Gasteiger partial charge in [-0.15, -0.1) is 11.8 Å². The fraction of sp³-hybridized carbons (Fsp3) is 0.304. The first kappa shape index (κ1) is 29.1. The maximum Gasteiger partial charge on any atom is 0.352 e. The van der Waals surface area contributed by atoms with Crippen LogP contribution in [0.15, 0.2) is 34.9 Å². The van der Waals surface area contributed by atoms with E-state index in [9.17, 15) is 24.3 Å². The van der Waals surface area contributed by atoms with Crippen LogP contribution in [0.1, 0.15) is 12.6 Å². The van der Waals surface area contributed by atoms with Crippen LogP contribution in [0.4, 0.5) is 11.1 Å². The van der Waals surface area contributed by atoms with Gasteiger partial charge in [0.15, 0.2) is 35.3 Å². The average molecular weight is 637 g/mol. The zero-order chi connectivity index (χ0) is 30.5. The lowest BCUT2D eigenvalue weighted by atomic mass is 10.0. The molecule has 3 aromatic heterocycles. The van der Waals surface area contributed by atoms with E-state index in [1.807, 2.05) is 0 Å². The van der Waals surface area contributed by atoms with E-state index in [2.05, 4.69) is 20.4 Å². The predicted octanol–water partition coefficient (Wildman–Crippen LogP) is -0.232. The number of halogens is 1. The van der Waals surface area contributed by atoms with Gasteiger partial charge in [-0.25, -0.2) is 19.6 Å². The summed E-state index contributed by atoms with van der Waals surface area (Å²) in [6, 6.07) is 0.692. The number of hydrogen-bond donors (Lipinski definition) is 5. The number of fused-ring (bicyclic) bond motifs is 2. The van der Waals surface area contributed by atoms with E-state index in [4.69, 9.17) is 33.0 Å². The van der Waals surface area contributed by atoms with Gasteiger partial charge in [-0.2, -0.15) is 4.57 Å². The van der Waals surface area contributed by atoms with Crippen LogP contribution in [0.2, 0.25) is 4.34 Å². The Morgan fingerprint density at radius 2 is 2.07 bits per heavy atom. The maximum absolute atomic E-state index is 13.2. The number of carboxylic acid groups (broad SMARTS) is 2. The number of amides is 2. The Bertz CT molecular complexity index is 1720. The van der Waals surface area contributed by atoms with Crippen LogP contribution in [-0.2, 0) is 37.6 Å². The largest absolute Gasteiger partial charge is 0.478 e. The Hall–Kier alpha value is -4.42. The molecule has 3 atom stereocenters. The molecule has 5 rings (SSSR count). The summed E-state index contributed by atoms with van der Waals surface area (Å²) in [5, 5.41) is 24.6. The lowest BCUT2D eigenvalue weighted by molar-refractivity contribution is -0.687. The van der Waals surface area contributed by atoms with Gasteiger partial charge < -0.3 is 36.4 Å². The fourth-order valence-electron chi connectivity index (χ4n) is 4.37. The molecule has 1 fully saturated rings. The quantitative estimate of drug-likeness (QED) is 0.0887. The summed E-state index contributed by atoms with van der Waals surface area (Å²) in [6.45, 7) is 1.37. The van der Waals surface area contributed by atoms with Gasteiger partial charge in [0.25, 0.3) is 11.8 Å². The number of nitrogen functional groups attached to an aromatic ring is 2. The van der Waals surface area contributed by atoms with Crippen LogP contribution in [0.25, 0.3) is 11.0 Å². The van der Waals surface area contributed by atoms with Gasteiger partial charge in [-0.05, 0) is 6.92 Å². The Morgan fingerprint density at radius 3 is 2.71 bits per heavy atom. The molecule has 1 saturated heterocycles. The lowest BCUT2D eigenvalue weighted by Gasteiger charge is -2.49. The molecule has 16 nitrogen and oxygen atoms in total. The molecule has 2 aliphatic heterocycles. The molecule has 2 amide bonds. The van der Waals surface area contributed by atoms with Crippen LogP contribution in [0, 0.1) is 0 Å². The summed E-state index contributed by atoms with van der Waals surface area (Å²) in [7, 11) is 1.78. The second kappa shape index (κ2) is 11.1. The number of carbonyl (C=O) groups is 4. The number of aromatic nitrogens is 4. The Kier molecular flexibility index (Phi) is 7.69. The number of carboxylic acids is 2. The SMILES string of the molecule is C[C@H](O/N=C(\C(=O)N[C@@H]1C(=O)N2C(C(=O)O)=C(C[n+]3ccc4c(c3)nc(N)n4C)CSC12)c1nc(N)sc1Cl)C(=O)O. The van der Waals surface area contributed by atoms with E-state index in [-0.39, 0.29) is 33.2 Å². The second-order valence-electron chi connectivity index (χ2n) is 9.24. The minimum Gasteiger partial charge on any atom is -0.478 e. The molecular formula is C23H23ClN9O7S2+. The van der Waals surface area contributed by atoms with Crippen molar-refractivity contribution >= 4 is 86.3 Å². The molecule has 1 unspecified atom stereocenters. The first-order valence-electron chi connectivity index (χ1n) is 12.1. The number of rotatable bonds is 9. The molecule has 0 saturated carbocycles. The number of oxime groups is 1. The van der Waals surface area contributed by atoms with Gasteiger partial charge in [0, 0.05) is 24.4 Å². The molecule has 42 heavy (non-hydrogen) atoms. The number of nitrogens with one attached hydrogen (secondary N) is 1. The van der Waals surface area contributed by atoms with E-state index in [0.717, 1.165) is 21.8 Å². The summed E-state index contributed by atoms with van der Waals surface area (Å²) < 4.78 is 3.47. The van der Waals surface area contributed by atoms with E-state index in [0.29, 0.717) is 17.0 Å². The highest BCUT2D eigenvalue weighted by Crippen LogP contribution is 2.40. The number of anilines is 2. The number of carbonyl (C=O) groups excluding carboxylic acids is 2. The molecule has 2 aliphatic rings. The second-order valence-corrected chi connectivity index (χ2v) is 12.0. The topological polar surface area (TPSA) is 232 Å². The van der Waals surface area contributed by atoms with Crippen LogP contribution in [0.3, 0.4) is 0 Å². The number of thiazole rings is 1. The third-order valence-corrected chi connectivity index (χ3v) is 8.94. The number of nitrogens with two attached hydrogens (primary N) is 2. The Morgan fingerprint density at radius 1 is 1.33 bits per heavy atom. The highest BCUT2D eigenvalue weighted by Gasteiger charge is 2.55. The Balaban J connectivity index is 1.37. The number of hydrogen-bond acceptors (Lipinski definition) is 12. The first-order valence-corrected chi connectivity index (χ1v) is 14.3. The molecule has 7 N–H and O–H groups in total. The number of nitrogens with zero attached hydrogens (tertiary/aromatic N) is 6. The van der Waals surface area contributed by atoms with Gasteiger partial charge in [-0.1, -0.05) is 28.1 Å². The van der Waals surface area contributed by atoms with E-state index in [1.54, 1.807) is 34.6 Å². The molecule has 0 spiro atoms. The van der Waals surface area contributed by atoms with Gasteiger partial charge in [0.1, 0.15) is 27.1 Å². The smallest absolute Gasteiger partial charge is 0.352 e. The molecule has 3 aromatic rings. The number of β-lactam (4-membered cyclic amide) rings is 1. The lowest BCUT2D eigenvalue weighted by Crippen LogP contribution is -2.71. The van der Waals surface area contributed by atoms with Gasteiger partial charge >= 0.3 is 11.9 Å². The van der Waals surface area contributed by atoms with Crippen LogP contribution in [0.5, 0.6) is 0 Å². The van der Waals surface area contributed by atoms with Crippen molar-refractivity contribution in [1.29, 1.82) is 0 Å².